The molecule has 0 aliphatic carbocycles. The van der Waals surface area contributed by atoms with E-state index in [9.17, 15) is 9.65 Å². The molecule has 0 spiro atoms. The van der Waals surface area contributed by atoms with Crippen molar-refractivity contribution in [2.24, 2.45) is 5.92 Å². The van der Waals surface area contributed by atoms with E-state index in [-0.39, 0.29) is 17.6 Å². The number of nitriles is 1. The normalized spacial score (nSPS) is 19.7. The van der Waals surface area contributed by atoms with Gasteiger partial charge in [-0.05, 0) is 42.3 Å². The third-order valence-electron chi connectivity index (χ3n) is 7.24. The summed E-state index contributed by atoms with van der Waals surface area (Å²) in [7, 11) is 1.67. The summed E-state index contributed by atoms with van der Waals surface area (Å²) in [6.45, 7) is 6.21. The lowest BCUT2D eigenvalue weighted by molar-refractivity contribution is 0.246. The number of aromatic amines is 1. The number of hydrogen-bond acceptors (Lipinski definition) is 7. The first-order valence-electron chi connectivity index (χ1n) is 12.6. The zero-order valence-corrected chi connectivity index (χ0v) is 21.1. The standard InChI is InChI=1S/C28H31FN6O2/c1-3-4-23-26-25(22(16-30)27(31)37-28(26)33-32-23)18-5-10-24(36-2)19(15-18)17-34-11-13-35(14-12-34)21-8-6-20(29)7-9-21/h5-10,15,22,25,31H,3-4,11-14,17H2,1-2H3,(H,32,33). The number of methoxy groups -OCH3 is 1. The van der Waals surface area contributed by atoms with E-state index in [1.807, 2.05) is 24.3 Å². The molecule has 5 rings (SSSR count). The number of anilines is 1. The zero-order chi connectivity index (χ0) is 25.9. The number of fused-ring (bicyclic) bond motifs is 1. The fraction of sp³-hybridized carbons (Fsp3) is 0.393. The predicted octanol–water partition coefficient (Wildman–Crippen LogP) is 4.47. The van der Waals surface area contributed by atoms with Crippen LogP contribution in [0.4, 0.5) is 10.1 Å². The Hall–Kier alpha value is -3.90. The Bertz CT molecular complexity index is 1310. The highest BCUT2D eigenvalue weighted by molar-refractivity contribution is 5.84. The zero-order valence-electron chi connectivity index (χ0n) is 21.1. The van der Waals surface area contributed by atoms with Crippen LogP contribution < -0.4 is 14.4 Å². The van der Waals surface area contributed by atoms with Crippen LogP contribution >= 0.6 is 0 Å². The average molecular weight is 503 g/mol. The SMILES string of the molecule is CCCc1[nH]nc2c1C(c1ccc(OC)c(CN3CCN(c4ccc(F)cc4)CC3)c1)C(C#N)C(=N)O2. The highest BCUT2D eigenvalue weighted by atomic mass is 19.1. The van der Waals surface area contributed by atoms with Crippen LogP contribution in [0.3, 0.4) is 0 Å². The van der Waals surface area contributed by atoms with Gasteiger partial charge in [-0.3, -0.25) is 15.4 Å². The number of ether oxygens (including phenoxy) is 2. The van der Waals surface area contributed by atoms with Crippen molar-refractivity contribution in [2.75, 3.05) is 38.2 Å². The summed E-state index contributed by atoms with van der Waals surface area (Å²) < 4.78 is 24.6. The van der Waals surface area contributed by atoms with E-state index in [2.05, 4.69) is 39.1 Å². The molecule has 0 amide bonds. The summed E-state index contributed by atoms with van der Waals surface area (Å²) in [5, 5.41) is 25.7. The van der Waals surface area contributed by atoms with Gasteiger partial charge in [-0.25, -0.2) is 4.39 Å². The first-order valence-corrected chi connectivity index (χ1v) is 12.6. The molecular weight excluding hydrogens is 471 g/mol. The predicted molar refractivity (Wildman–Crippen MR) is 139 cm³/mol. The number of aryl methyl sites for hydroxylation is 1. The molecular formula is C28H31FN6O2. The number of hydrogen-bond donors (Lipinski definition) is 2. The number of benzene rings is 2. The van der Waals surface area contributed by atoms with Crippen molar-refractivity contribution in [2.45, 2.75) is 32.2 Å². The number of nitrogens with zero attached hydrogens (tertiary/aromatic N) is 4. The molecule has 1 aromatic heterocycles. The van der Waals surface area contributed by atoms with Gasteiger partial charge in [-0.2, -0.15) is 5.26 Å². The number of aromatic nitrogens is 2. The largest absolute Gasteiger partial charge is 0.496 e. The lowest BCUT2D eigenvalue weighted by atomic mass is 9.78. The van der Waals surface area contributed by atoms with Crippen LogP contribution in [0.15, 0.2) is 42.5 Å². The third-order valence-corrected chi connectivity index (χ3v) is 7.24. The van der Waals surface area contributed by atoms with Gasteiger partial charge >= 0.3 is 0 Å². The Morgan fingerprint density at radius 1 is 1.19 bits per heavy atom. The van der Waals surface area contributed by atoms with Crippen LogP contribution in [-0.2, 0) is 13.0 Å². The molecule has 2 N–H and O–H groups in total. The van der Waals surface area contributed by atoms with E-state index in [0.717, 1.165) is 72.8 Å². The highest BCUT2D eigenvalue weighted by Gasteiger charge is 2.40. The van der Waals surface area contributed by atoms with Gasteiger partial charge in [-0.15, -0.1) is 5.10 Å². The topological polar surface area (TPSA) is 101 Å². The Morgan fingerprint density at radius 3 is 2.62 bits per heavy atom. The van der Waals surface area contributed by atoms with Crippen molar-refractivity contribution in [3.8, 4) is 17.7 Å². The second-order valence-electron chi connectivity index (χ2n) is 9.53. The molecule has 0 radical (unpaired) electrons. The van der Waals surface area contributed by atoms with E-state index in [1.165, 1.54) is 12.1 Å². The quantitative estimate of drug-likeness (QED) is 0.494. The smallest absolute Gasteiger partial charge is 0.243 e. The molecule has 2 atom stereocenters. The van der Waals surface area contributed by atoms with Crippen LogP contribution in [0.2, 0.25) is 0 Å². The van der Waals surface area contributed by atoms with Gasteiger partial charge < -0.3 is 14.4 Å². The molecule has 0 saturated carbocycles. The van der Waals surface area contributed by atoms with Gasteiger partial charge in [0.05, 0.1) is 13.2 Å². The maximum atomic E-state index is 13.3. The Kier molecular flexibility index (Phi) is 7.10. The number of rotatable bonds is 7. The first-order chi connectivity index (χ1) is 18.0. The molecule has 1 fully saturated rings. The molecule has 2 aromatic carbocycles. The monoisotopic (exact) mass is 502 g/mol. The summed E-state index contributed by atoms with van der Waals surface area (Å²) in [5.74, 6) is -0.204. The highest BCUT2D eigenvalue weighted by Crippen LogP contribution is 2.44. The molecule has 3 aromatic rings. The number of halogens is 1. The van der Waals surface area contributed by atoms with E-state index in [4.69, 9.17) is 14.9 Å². The van der Waals surface area contributed by atoms with Gasteiger partial charge in [0.25, 0.3) is 0 Å². The van der Waals surface area contributed by atoms with Crippen molar-refractivity contribution in [3.63, 3.8) is 0 Å². The van der Waals surface area contributed by atoms with Crippen LogP contribution in [0.5, 0.6) is 11.6 Å². The minimum Gasteiger partial charge on any atom is -0.496 e. The molecule has 2 aliphatic heterocycles. The van der Waals surface area contributed by atoms with Gasteiger partial charge in [0.15, 0.2) is 0 Å². The van der Waals surface area contributed by atoms with Crippen molar-refractivity contribution < 1.29 is 13.9 Å². The average Bonchev–Trinajstić information content (AvgIpc) is 3.31. The molecule has 192 valence electrons. The van der Waals surface area contributed by atoms with Gasteiger partial charge in [0, 0.05) is 61.1 Å². The Balaban J connectivity index is 1.40. The van der Waals surface area contributed by atoms with Gasteiger partial charge in [0.2, 0.25) is 11.8 Å². The molecule has 0 bridgehead atoms. The summed E-state index contributed by atoms with van der Waals surface area (Å²) in [4.78, 5) is 4.64. The number of H-pyrrole nitrogens is 1. The van der Waals surface area contributed by atoms with Crippen LogP contribution in [0.1, 0.15) is 41.6 Å². The molecule has 8 nitrogen and oxygen atoms in total. The first kappa shape index (κ1) is 24.8. The van der Waals surface area contributed by atoms with E-state index in [1.54, 1.807) is 7.11 Å². The summed E-state index contributed by atoms with van der Waals surface area (Å²) in [6, 6.07) is 15.0. The molecule has 37 heavy (non-hydrogen) atoms. The molecule has 1 saturated heterocycles. The van der Waals surface area contributed by atoms with Crippen LogP contribution in [-0.4, -0.2) is 54.3 Å². The molecule has 9 heteroatoms. The van der Waals surface area contributed by atoms with Crippen molar-refractivity contribution in [1.82, 2.24) is 15.1 Å². The van der Waals surface area contributed by atoms with Gasteiger partial charge in [0.1, 0.15) is 17.5 Å². The van der Waals surface area contributed by atoms with E-state index >= 15 is 0 Å². The second kappa shape index (κ2) is 10.6. The van der Waals surface area contributed by atoms with Crippen molar-refractivity contribution in [1.29, 1.82) is 10.7 Å². The van der Waals surface area contributed by atoms with Crippen molar-refractivity contribution >= 4 is 11.6 Å². The fourth-order valence-corrected chi connectivity index (χ4v) is 5.36. The van der Waals surface area contributed by atoms with Crippen LogP contribution in [0, 0.1) is 28.5 Å². The minimum absolute atomic E-state index is 0.0798. The second-order valence-corrected chi connectivity index (χ2v) is 9.53. The number of piperazine rings is 1. The Morgan fingerprint density at radius 2 is 1.95 bits per heavy atom. The lowest BCUT2D eigenvalue weighted by Crippen LogP contribution is -2.46. The van der Waals surface area contributed by atoms with E-state index in [0.29, 0.717) is 12.4 Å². The molecule has 2 unspecified atom stereocenters. The van der Waals surface area contributed by atoms with Gasteiger partial charge in [-0.1, -0.05) is 25.5 Å². The maximum Gasteiger partial charge on any atom is 0.243 e. The number of nitrogens with one attached hydrogen (secondary N) is 2. The Labute approximate surface area is 216 Å². The summed E-state index contributed by atoms with van der Waals surface area (Å²) >= 11 is 0. The minimum atomic E-state index is -0.735. The third kappa shape index (κ3) is 4.89. The molecule has 3 heterocycles. The lowest BCUT2D eigenvalue weighted by Gasteiger charge is -2.36. The summed E-state index contributed by atoms with van der Waals surface area (Å²) in [6.07, 6.45) is 1.71. The fourth-order valence-electron chi connectivity index (χ4n) is 5.36. The maximum absolute atomic E-state index is 13.3. The van der Waals surface area contributed by atoms with E-state index < -0.39 is 5.92 Å². The van der Waals surface area contributed by atoms with Crippen molar-refractivity contribution in [3.05, 3.63) is 70.7 Å². The summed E-state index contributed by atoms with van der Waals surface area (Å²) in [5.41, 5.74) is 4.83. The molecule has 2 aliphatic rings. The van der Waals surface area contributed by atoms with Crippen LogP contribution in [0.25, 0.3) is 0 Å².